The molecule has 128 valence electrons. The Labute approximate surface area is 163 Å². The minimum Gasteiger partial charge on any atom is -0.348 e. The zero-order valence-corrected chi connectivity index (χ0v) is 18.1. The summed E-state index contributed by atoms with van der Waals surface area (Å²) in [5.41, 5.74) is 0. The number of carbonyl (C=O) groups is 1. The molecule has 0 bridgehead atoms. The zero-order chi connectivity index (χ0) is 16.8. The van der Waals surface area contributed by atoms with Gasteiger partial charge in [0, 0.05) is 13.2 Å². The Balaban J connectivity index is 2.19. The van der Waals surface area contributed by atoms with Crippen LogP contribution in [-0.4, -0.2) is 38.3 Å². The Hall–Kier alpha value is 0.910. The molecule has 0 aliphatic carbocycles. The highest BCUT2D eigenvalue weighted by Gasteiger charge is 2.33. The number of ether oxygens (including phenoxy) is 2. The standard InChI is InChI=1S/C14H18O3S6/c1-5-16-10(17-6-2)9-8(7-15)20-13(21-9)14-22-11(18-3)12(19-4)23-14/h7,10H,5-6H2,1-4H3. The lowest BCUT2D eigenvalue weighted by atomic mass is 10.5. The summed E-state index contributed by atoms with van der Waals surface area (Å²) in [5, 5.41) is 0. The van der Waals surface area contributed by atoms with Crippen LogP contribution in [0.4, 0.5) is 0 Å². The van der Waals surface area contributed by atoms with Crippen LogP contribution in [0.15, 0.2) is 26.8 Å². The van der Waals surface area contributed by atoms with E-state index in [-0.39, 0.29) is 0 Å². The lowest BCUT2D eigenvalue weighted by Gasteiger charge is -2.17. The molecule has 23 heavy (non-hydrogen) atoms. The van der Waals surface area contributed by atoms with Crippen LogP contribution in [0.1, 0.15) is 13.8 Å². The van der Waals surface area contributed by atoms with Crippen molar-refractivity contribution in [2.24, 2.45) is 0 Å². The van der Waals surface area contributed by atoms with E-state index in [0.717, 1.165) is 15.4 Å². The summed E-state index contributed by atoms with van der Waals surface area (Å²) in [6.45, 7) is 4.97. The van der Waals surface area contributed by atoms with Crippen molar-refractivity contribution in [1.82, 2.24) is 0 Å². The average Bonchev–Trinajstić information content (AvgIpc) is 3.17. The van der Waals surface area contributed by atoms with Gasteiger partial charge in [0.1, 0.15) is 0 Å². The minimum absolute atomic E-state index is 0.454. The molecule has 2 aliphatic heterocycles. The maximum atomic E-state index is 11.5. The average molecular weight is 427 g/mol. The summed E-state index contributed by atoms with van der Waals surface area (Å²) >= 11 is 10.3. The number of thioether (sulfide) groups is 6. The van der Waals surface area contributed by atoms with Crippen LogP contribution in [0.2, 0.25) is 0 Å². The van der Waals surface area contributed by atoms with E-state index in [1.165, 1.54) is 24.5 Å². The van der Waals surface area contributed by atoms with Crippen molar-refractivity contribution in [3.8, 4) is 0 Å². The molecule has 0 saturated carbocycles. The number of allylic oxidation sites excluding steroid dienone is 1. The first-order valence-corrected chi connectivity index (χ1v) is 12.6. The molecule has 2 rings (SSSR count). The van der Waals surface area contributed by atoms with E-state index in [4.69, 9.17) is 9.47 Å². The summed E-state index contributed by atoms with van der Waals surface area (Å²) < 4.78 is 16.4. The molecular formula is C14H18O3S6. The van der Waals surface area contributed by atoms with Crippen LogP contribution < -0.4 is 0 Å². The molecule has 0 spiro atoms. The van der Waals surface area contributed by atoms with Crippen LogP contribution in [0, 0.1) is 0 Å². The Kier molecular flexibility index (Phi) is 8.93. The summed E-state index contributed by atoms with van der Waals surface area (Å²) in [6.07, 6.45) is 4.66. The number of rotatable bonds is 8. The number of carbonyl (C=O) groups excluding carboxylic acids is 1. The summed E-state index contributed by atoms with van der Waals surface area (Å²) in [4.78, 5) is 13.1. The molecule has 0 fully saturated rings. The van der Waals surface area contributed by atoms with Gasteiger partial charge in [0.15, 0.2) is 12.6 Å². The number of hydrogen-bond donors (Lipinski definition) is 0. The second-order valence-electron chi connectivity index (χ2n) is 4.06. The lowest BCUT2D eigenvalue weighted by molar-refractivity contribution is -0.109. The molecule has 0 aromatic heterocycles. The Morgan fingerprint density at radius 1 is 0.957 bits per heavy atom. The quantitative estimate of drug-likeness (QED) is 0.357. The van der Waals surface area contributed by atoms with Gasteiger partial charge in [0.25, 0.3) is 0 Å². The molecule has 3 nitrogen and oxygen atoms in total. The van der Waals surface area contributed by atoms with Crippen LogP contribution in [-0.2, 0) is 14.3 Å². The van der Waals surface area contributed by atoms with Crippen molar-refractivity contribution in [3.05, 3.63) is 26.8 Å². The van der Waals surface area contributed by atoms with E-state index in [1.54, 1.807) is 58.8 Å². The molecule has 0 N–H and O–H groups in total. The minimum atomic E-state index is -0.454. The van der Waals surface area contributed by atoms with E-state index >= 15 is 0 Å². The van der Waals surface area contributed by atoms with E-state index < -0.39 is 6.29 Å². The van der Waals surface area contributed by atoms with Gasteiger partial charge in [0.2, 0.25) is 0 Å². The lowest BCUT2D eigenvalue weighted by Crippen LogP contribution is -2.18. The van der Waals surface area contributed by atoms with Crippen LogP contribution >= 0.6 is 70.6 Å². The summed E-state index contributed by atoms with van der Waals surface area (Å²) in [5.74, 6) is 0. The van der Waals surface area contributed by atoms with E-state index in [9.17, 15) is 4.79 Å². The van der Waals surface area contributed by atoms with Crippen LogP contribution in [0.25, 0.3) is 0 Å². The molecule has 0 aromatic rings. The fourth-order valence-corrected chi connectivity index (χ4v) is 9.56. The van der Waals surface area contributed by atoms with Gasteiger partial charge in [-0.15, -0.1) is 23.5 Å². The Morgan fingerprint density at radius 2 is 1.48 bits per heavy atom. The molecular weight excluding hydrogens is 409 g/mol. The predicted molar refractivity (Wildman–Crippen MR) is 112 cm³/mol. The van der Waals surface area contributed by atoms with Gasteiger partial charge in [-0.25, -0.2) is 0 Å². The largest absolute Gasteiger partial charge is 0.348 e. The van der Waals surface area contributed by atoms with Gasteiger partial charge in [-0.05, 0) is 26.4 Å². The molecule has 0 amide bonds. The first kappa shape index (κ1) is 20.2. The molecule has 2 aliphatic rings. The van der Waals surface area contributed by atoms with Crippen molar-refractivity contribution in [3.63, 3.8) is 0 Å². The summed E-state index contributed by atoms with van der Waals surface area (Å²) in [6, 6.07) is 0. The molecule has 0 saturated heterocycles. The predicted octanol–water partition coefficient (Wildman–Crippen LogP) is 5.74. The van der Waals surface area contributed by atoms with Gasteiger partial charge < -0.3 is 9.47 Å². The Bertz CT molecular complexity index is 531. The SMILES string of the molecule is CCOC(OCC)C1=C(C=O)SC(=C2SC(SC)=C(SC)S2)S1. The van der Waals surface area contributed by atoms with Crippen LogP contribution in [0.3, 0.4) is 0 Å². The van der Waals surface area contributed by atoms with Crippen molar-refractivity contribution < 1.29 is 14.3 Å². The maximum Gasteiger partial charge on any atom is 0.191 e. The second kappa shape index (κ2) is 10.2. The van der Waals surface area contributed by atoms with E-state index in [1.807, 2.05) is 13.8 Å². The molecule has 0 aromatic carbocycles. The highest BCUT2D eigenvalue weighted by Crippen LogP contribution is 2.63. The molecule has 0 unspecified atom stereocenters. The van der Waals surface area contributed by atoms with Crippen molar-refractivity contribution in [2.75, 3.05) is 25.7 Å². The third kappa shape index (κ3) is 4.97. The van der Waals surface area contributed by atoms with Gasteiger partial charge >= 0.3 is 0 Å². The number of aldehydes is 1. The molecule has 9 heteroatoms. The van der Waals surface area contributed by atoms with Crippen molar-refractivity contribution >= 4 is 76.9 Å². The topological polar surface area (TPSA) is 35.5 Å². The highest BCUT2D eigenvalue weighted by molar-refractivity contribution is 8.42. The number of hydrogen-bond acceptors (Lipinski definition) is 9. The molecule has 0 radical (unpaired) electrons. The summed E-state index contributed by atoms with van der Waals surface area (Å²) in [7, 11) is 0. The van der Waals surface area contributed by atoms with Gasteiger partial charge in [-0.2, -0.15) is 0 Å². The Morgan fingerprint density at radius 3 is 1.91 bits per heavy atom. The second-order valence-corrected chi connectivity index (χ2v) is 10.9. The molecule has 2 heterocycles. The first-order chi connectivity index (χ1) is 11.2. The van der Waals surface area contributed by atoms with Gasteiger partial charge in [0.05, 0.1) is 26.8 Å². The van der Waals surface area contributed by atoms with E-state index in [2.05, 4.69) is 12.5 Å². The fourth-order valence-electron chi connectivity index (χ4n) is 1.76. The monoisotopic (exact) mass is 426 g/mol. The smallest absolute Gasteiger partial charge is 0.191 e. The highest BCUT2D eigenvalue weighted by atomic mass is 32.3. The zero-order valence-electron chi connectivity index (χ0n) is 13.2. The van der Waals surface area contributed by atoms with Crippen molar-refractivity contribution in [2.45, 2.75) is 20.1 Å². The van der Waals surface area contributed by atoms with Gasteiger partial charge in [-0.1, -0.05) is 47.0 Å². The first-order valence-electron chi connectivity index (χ1n) is 6.88. The van der Waals surface area contributed by atoms with E-state index in [0.29, 0.717) is 18.1 Å². The third-order valence-electron chi connectivity index (χ3n) is 2.68. The third-order valence-corrected chi connectivity index (χ3v) is 11.0. The maximum absolute atomic E-state index is 11.5. The van der Waals surface area contributed by atoms with Crippen LogP contribution in [0.5, 0.6) is 0 Å². The molecule has 0 atom stereocenters. The van der Waals surface area contributed by atoms with Crippen molar-refractivity contribution in [1.29, 1.82) is 0 Å². The fraction of sp³-hybridized carbons (Fsp3) is 0.500. The normalized spacial score (nSPS) is 18.8. The van der Waals surface area contributed by atoms with Gasteiger partial charge in [-0.3, -0.25) is 4.79 Å².